The molecule has 0 aliphatic heterocycles. The summed E-state index contributed by atoms with van der Waals surface area (Å²) >= 11 is 0. The normalized spacial score (nSPS) is 10.3. The van der Waals surface area contributed by atoms with E-state index in [0.717, 1.165) is 6.20 Å². The maximum absolute atomic E-state index is 12.4. The van der Waals surface area contributed by atoms with Gasteiger partial charge in [-0.25, -0.2) is 9.18 Å². The highest BCUT2D eigenvalue weighted by atomic mass is 19.1. The van der Waals surface area contributed by atoms with Crippen molar-refractivity contribution in [1.29, 1.82) is 0 Å². The van der Waals surface area contributed by atoms with Gasteiger partial charge in [-0.15, -0.1) is 0 Å². The molecule has 13 heavy (non-hydrogen) atoms. The summed E-state index contributed by atoms with van der Waals surface area (Å²) in [7, 11) is 1.28. The highest BCUT2D eigenvalue weighted by Crippen LogP contribution is 2.00. The number of nitrogens with zero attached hydrogens (tertiary/aromatic N) is 1. The molecule has 1 heterocycles. The Kier molecular flexibility index (Phi) is 3.14. The number of hydrogen-bond donors (Lipinski definition) is 0. The molecule has 0 saturated heterocycles. The van der Waals surface area contributed by atoms with E-state index in [4.69, 9.17) is 0 Å². The molecule has 1 aromatic rings. The van der Waals surface area contributed by atoms with E-state index in [9.17, 15) is 9.18 Å². The zero-order chi connectivity index (χ0) is 9.68. The summed E-state index contributed by atoms with van der Waals surface area (Å²) in [5.74, 6) is -0.874. The Balaban J connectivity index is 2.69. The first-order valence-corrected chi connectivity index (χ1v) is 3.60. The minimum Gasteiger partial charge on any atom is -0.466 e. The Morgan fingerprint density at radius 2 is 2.38 bits per heavy atom. The molecule has 0 bridgehead atoms. The Bertz CT molecular complexity index is 319. The largest absolute Gasteiger partial charge is 0.466 e. The molecule has 0 radical (unpaired) electrons. The minimum absolute atomic E-state index is 0.407. The van der Waals surface area contributed by atoms with Gasteiger partial charge in [0.1, 0.15) is 5.82 Å². The number of esters is 1. The summed E-state index contributed by atoms with van der Waals surface area (Å²) in [6.45, 7) is 0. The molecule has 0 spiro atoms. The molecule has 0 aromatic carbocycles. The van der Waals surface area contributed by atoms with Gasteiger partial charge in [-0.1, -0.05) is 0 Å². The highest BCUT2D eigenvalue weighted by molar-refractivity contribution is 5.86. The van der Waals surface area contributed by atoms with Gasteiger partial charge in [-0.2, -0.15) is 0 Å². The standard InChI is InChI=1S/C9H8FNO2/c1-13-9(12)5-4-8-3-2-7(10)6-11-8/h2-6H,1H3/b5-4+. The van der Waals surface area contributed by atoms with Gasteiger partial charge in [0.05, 0.1) is 19.0 Å². The van der Waals surface area contributed by atoms with Gasteiger partial charge in [0.15, 0.2) is 0 Å². The number of hydrogen-bond acceptors (Lipinski definition) is 3. The summed E-state index contributed by atoms with van der Waals surface area (Å²) in [4.78, 5) is 14.4. The van der Waals surface area contributed by atoms with Gasteiger partial charge in [-0.05, 0) is 18.2 Å². The molecule has 3 nitrogen and oxygen atoms in total. The predicted octanol–water partition coefficient (Wildman–Crippen LogP) is 1.41. The van der Waals surface area contributed by atoms with E-state index in [0.29, 0.717) is 5.69 Å². The van der Waals surface area contributed by atoms with E-state index >= 15 is 0 Å². The van der Waals surface area contributed by atoms with Gasteiger partial charge in [0.2, 0.25) is 0 Å². The maximum Gasteiger partial charge on any atom is 0.330 e. The van der Waals surface area contributed by atoms with Crippen molar-refractivity contribution < 1.29 is 13.9 Å². The number of carbonyl (C=O) groups is 1. The SMILES string of the molecule is COC(=O)/C=C/c1ccc(F)cn1. The van der Waals surface area contributed by atoms with E-state index in [1.807, 2.05) is 0 Å². The van der Waals surface area contributed by atoms with Crippen molar-refractivity contribution in [1.82, 2.24) is 4.98 Å². The Labute approximate surface area is 74.9 Å². The highest BCUT2D eigenvalue weighted by Gasteiger charge is 1.93. The molecular formula is C9H8FNO2. The topological polar surface area (TPSA) is 39.2 Å². The molecule has 0 saturated carbocycles. The van der Waals surface area contributed by atoms with Crippen molar-refractivity contribution in [2.75, 3.05) is 7.11 Å². The molecule has 0 atom stereocenters. The van der Waals surface area contributed by atoms with Crippen LogP contribution in [0.4, 0.5) is 4.39 Å². The van der Waals surface area contributed by atoms with Gasteiger partial charge in [-0.3, -0.25) is 4.98 Å². The summed E-state index contributed by atoms with van der Waals surface area (Å²) in [5.41, 5.74) is 0.506. The first-order chi connectivity index (χ1) is 6.22. The number of halogens is 1. The molecular weight excluding hydrogens is 173 g/mol. The van der Waals surface area contributed by atoms with Gasteiger partial charge in [0.25, 0.3) is 0 Å². The monoisotopic (exact) mass is 181 g/mol. The molecule has 0 aliphatic rings. The lowest BCUT2D eigenvalue weighted by Gasteiger charge is -1.91. The van der Waals surface area contributed by atoms with Crippen LogP contribution in [0.25, 0.3) is 6.08 Å². The molecule has 1 rings (SSSR count). The van der Waals surface area contributed by atoms with Crippen LogP contribution < -0.4 is 0 Å². The Morgan fingerprint density at radius 1 is 1.62 bits per heavy atom. The number of carbonyl (C=O) groups excluding carboxylic acids is 1. The summed E-state index contributed by atoms with van der Waals surface area (Å²) < 4.78 is 16.7. The van der Waals surface area contributed by atoms with Crippen molar-refractivity contribution >= 4 is 12.0 Å². The van der Waals surface area contributed by atoms with E-state index in [-0.39, 0.29) is 0 Å². The maximum atomic E-state index is 12.4. The third kappa shape index (κ3) is 3.02. The van der Waals surface area contributed by atoms with Crippen LogP contribution in [0.3, 0.4) is 0 Å². The first kappa shape index (κ1) is 9.38. The second kappa shape index (κ2) is 4.35. The molecule has 0 unspecified atom stereocenters. The molecule has 1 aromatic heterocycles. The lowest BCUT2D eigenvalue weighted by Crippen LogP contribution is -1.93. The average molecular weight is 181 g/mol. The molecule has 0 amide bonds. The van der Waals surface area contributed by atoms with E-state index in [1.54, 1.807) is 0 Å². The summed E-state index contributed by atoms with van der Waals surface area (Å²) in [5, 5.41) is 0. The molecule has 68 valence electrons. The van der Waals surface area contributed by atoms with Gasteiger partial charge < -0.3 is 4.74 Å². The van der Waals surface area contributed by atoms with Crippen LogP contribution in [0.15, 0.2) is 24.4 Å². The van der Waals surface area contributed by atoms with Crippen molar-refractivity contribution in [3.8, 4) is 0 Å². The fraction of sp³-hybridized carbons (Fsp3) is 0.111. The van der Waals surface area contributed by atoms with Crippen molar-refractivity contribution in [3.63, 3.8) is 0 Å². The third-order valence-corrected chi connectivity index (χ3v) is 1.34. The van der Waals surface area contributed by atoms with Crippen molar-refractivity contribution in [2.24, 2.45) is 0 Å². The fourth-order valence-corrected chi connectivity index (χ4v) is 0.707. The Morgan fingerprint density at radius 3 is 2.92 bits per heavy atom. The fourth-order valence-electron chi connectivity index (χ4n) is 0.707. The van der Waals surface area contributed by atoms with E-state index < -0.39 is 11.8 Å². The van der Waals surface area contributed by atoms with Crippen LogP contribution >= 0.6 is 0 Å². The number of methoxy groups -OCH3 is 1. The number of pyridine rings is 1. The molecule has 0 aliphatic carbocycles. The number of aromatic nitrogens is 1. The van der Waals surface area contributed by atoms with Crippen LogP contribution in [-0.4, -0.2) is 18.1 Å². The number of rotatable bonds is 2. The minimum atomic E-state index is -0.467. The summed E-state index contributed by atoms with van der Waals surface area (Å²) in [6.07, 6.45) is 3.75. The molecule has 0 N–H and O–H groups in total. The lowest BCUT2D eigenvalue weighted by atomic mass is 10.3. The zero-order valence-corrected chi connectivity index (χ0v) is 7.03. The average Bonchev–Trinajstić information content (AvgIpc) is 2.16. The third-order valence-electron chi connectivity index (χ3n) is 1.34. The number of ether oxygens (including phenoxy) is 1. The van der Waals surface area contributed by atoms with Gasteiger partial charge >= 0.3 is 5.97 Å². The van der Waals surface area contributed by atoms with Crippen LogP contribution in [0, 0.1) is 5.82 Å². The smallest absolute Gasteiger partial charge is 0.330 e. The lowest BCUT2D eigenvalue weighted by molar-refractivity contribution is -0.134. The van der Waals surface area contributed by atoms with E-state index in [1.165, 1.54) is 31.4 Å². The van der Waals surface area contributed by atoms with Crippen LogP contribution in [-0.2, 0) is 9.53 Å². The second-order valence-electron chi connectivity index (χ2n) is 2.26. The summed E-state index contributed by atoms with van der Waals surface area (Å²) in [6, 6.07) is 2.73. The molecule has 4 heteroatoms. The second-order valence-corrected chi connectivity index (χ2v) is 2.26. The van der Waals surface area contributed by atoms with Crippen molar-refractivity contribution in [2.45, 2.75) is 0 Å². The van der Waals surface area contributed by atoms with Crippen LogP contribution in [0.2, 0.25) is 0 Å². The Hall–Kier alpha value is -1.71. The van der Waals surface area contributed by atoms with E-state index in [2.05, 4.69) is 9.72 Å². The molecule has 0 fully saturated rings. The van der Waals surface area contributed by atoms with Crippen LogP contribution in [0.1, 0.15) is 5.69 Å². The van der Waals surface area contributed by atoms with Crippen LogP contribution in [0.5, 0.6) is 0 Å². The zero-order valence-electron chi connectivity index (χ0n) is 7.03. The predicted molar refractivity (Wildman–Crippen MR) is 45.2 cm³/mol. The van der Waals surface area contributed by atoms with Gasteiger partial charge in [0, 0.05) is 6.08 Å². The first-order valence-electron chi connectivity index (χ1n) is 3.60. The van der Waals surface area contributed by atoms with Crippen molar-refractivity contribution in [3.05, 3.63) is 35.9 Å². The quantitative estimate of drug-likeness (QED) is 0.511.